The summed E-state index contributed by atoms with van der Waals surface area (Å²) in [6.07, 6.45) is 6.47. The van der Waals surface area contributed by atoms with E-state index in [2.05, 4.69) is 22.8 Å². The number of benzene rings is 1. The molecule has 1 heterocycles. The maximum atomic E-state index is 12.4. The summed E-state index contributed by atoms with van der Waals surface area (Å²) in [5, 5.41) is 6.54. The fourth-order valence-electron chi connectivity index (χ4n) is 4.06. The number of morpholine rings is 1. The van der Waals surface area contributed by atoms with E-state index in [-0.39, 0.29) is 29.8 Å². The lowest BCUT2D eigenvalue weighted by Gasteiger charge is -2.38. The van der Waals surface area contributed by atoms with Gasteiger partial charge in [0.05, 0.1) is 20.3 Å². The molecule has 1 aromatic carbocycles. The van der Waals surface area contributed by atoms with E-state index in [1.165, 1.54) is 24.8 Å². The third-order valence-electron chi connectivity index (χ3n) is 5.57. The highest BCUT2D eigenvalue weighted by Crippen LogP contribution is 2.39. The van der Waals surface area contributed by atoms with Crippen molar-refractivity contribution < 1.29 is 14.3 Å². The fourth-order valence-corrected chi connectivity index (χ4v) is 4.06. The quantitative estimate of drug-likeness (QED) is 0.794. The van der Waals surface area contributed by atoms with Gasteiger partial charge in [0, 0.05) is 31.0 Å². The van der Waals surface area contributed by atoms with Gasteiger partial charge < -0.3 is 20.1 Å². The molecule has 1 atom stereocenters. The molecule has 1 amide bonds. The van der Waals surface area contributed by atoms with Gasteiger partial charge in [0.25, 0.3) is 0 Å². The van der Waals surface area contributed by atoms with Crippen LogP contribution in [0.25, 0.3) is 0 Å². The molecular formula is C20H31ClN2O3. The topological polar surface area (TPSA) is 59.6 Å². The number of ether oxygens (including phenoxy) is 2. The summed E-state index contributed by atoms with van der Waals surface area (Å²) >= 11 is 0. The standard InChI is InChI=1S/C20H30N2O3.ClH/c1-24-18-7-5-16(6-8-18)20(9-3-2-4-10-20)15-22-19(23)13-17-14-25-12-11-21-17;/h5-8,17,21H,2-4,9-15H2,1H3,(H,22,23);1H. The van der Waals surface area contributed by atoms with Crippen LogP contribution >= 0.6 is 12.4 Å². The van der Waals surface area contributed by atoms with Crippen LogP contribution in [0.5, 0.6) is 5.75 Å². The number of amides is 1. The SMILES string of the molecule is COc1ccc(C2(CNC(=O)CC3COCCN3)CCCCC2)cc1.Cl. The van der Waals surface area contributed by atoms with Gasteiger partial charge in [0.2, 0.25) is 5.91 Å². The molecule has 2 aliphatic rings. The average Bonchev–Trinajstić information content (AvgIpc) is 2.68. The second kappa shape index (κ2) is 10.1. The zero-order valence-corrected chi connectivity index (χ0v) is 16.4. The van der Waals surface area contributed by atoms with Crippen LogP contribution in [0.15, 0.2) is 24.3 Å². The van der Waals surface area contributed by atoms with Crippen molar-refractivity contribution in [3.05, 3.63) is 29.8 Å². The molecule has 1 saturated carbocycles. The monoisotopic (exact) mass is 382 g/mol. The van der Waals surface area contributed by atoms with Crippen LogP contribution in [0, 0.1) is 0 Å². The Morgan fingerprint density at radius 3 is 2.62 bits per heavy atom. The molecule has 1 aromatic rings. The maximum absolute atomic E-state index is 12.4. The van der Waals surface area contributed by atoms with Crippen molar-refractivity contribution in [1.82, 2.24) is 10.6 Å². The molecule has 2 N–H and O–H groups in total. The minimum atomic E-state index is 0. The Bertz CT molecular complexity index is 553. The molecule has 0 radical (unpaired) electrons. The largest absolute Gasteiger partial charge is 0.497 e. The molecule has 1 unspecified atom stereocenters. The molecule has 0 spiro atoms. The summed E-state index contributed by atoms with van der Waals surface area (Å²) in [7, 11) is 1.69. The van der Waals surface area contributed by atoms with Gasteiger partial charge in [-0.2, -0.15) is 0 Å². The number of methoxy groups -OCH3 is 1. The zero-order valence-electron chi connectivity index (χ0n) is 15.6. The van der Waals surface area contributed by atoms with E-state index in [0.717, 1.165) is 31.7 Å². The highest BCUT2D eigenvalue weighted by Gasteiger charge is 2.34. The van der Waals surface area contributed by atoms with Crippen LogP contribution < -0.4 is 15.4 Å². The highest BCUT2D eigenvalue weighted by atomic mass is 35.5. The second-order valence-corrected chi connectivity index (χ2v) is 7.28. The van der Waals surface area contributed by atoms with Gasteiger partial charge in [-0.25, -0.2) is 0 Å². The molecule has 0 aromatic heterocycles. The number of hydrogen-bond acceptors (Lipinski definition) is 4. The van der Waals surface area contributed by atoms with Crippen molar-refractivity contribution in [2.75, 3.05) is 33.4 Å². The van der Waals surface area contributed by atoms with Gasteiger partial charge >= 0.3 is 0 Å². The number of rotatable bonds is 6. The Hall–Kier alpha value is -1.30. The third-order valence-corrected chi connectivity index (χ3v) is 5.57. The Morgan fingerprint density at radius 2 is 2.00 bits per heavy atom. The van der Waals surface area contributed by atoms with Crippen LogP contribution in [-0.2, 0) is 14.9 Å². The first kappa shape index (κ1) is 21.0. The predicted molar refractivity (Wildman–Crippen MR) is 105 cm³/mol. The van der Waals surface area contributed by atoms with E-state index >= 15 is 0 Å². The molecule has 1 saturated heterocycles. The molecule has 0 bridgehead atoms. The number of carbonyl (C=O) groups is 1. The van der Waals surface area contributed by atoms with Gasteiger partial charge in [0.15, 0.2) is 0 Å². The maximum Gasteiger partial charge on any atom is 0.221 e. The summed E-state index contributed by atoms with van der Waals surface area (Å²) in [6, 6.07) is 8.50. The van der Waals surface area contributed by atoms with Gasteiger partial charge in [0.1, 0.15) is 5.75 Å². The first-order chi connectivity index (χ1) is 12.2. The van der Waals surface area contributed by atoms with Gasteiger partial charge in [-0.3, -0.25) is 4.79 Å². The summed E-state index contributed by atoms with van der Waals surface area (Å²) in [4.78, 5) is 12.4. The van der Waals surface area contributed by atoms with Crippen molar-refractivity contribution in [2.45, 2.75) is 50.0 Å². The minimum Gasteiger partial charge on any atom is -0.497 e. The van der Waals surface area contributed by atoms with Crippen molar-refractivity contribution in [1.29, 1.82) is 0 Å². The van der Waals surface area contributed by atoms with E-state index in [4.69, 9.17) is 9.47 Å². The van der Waals surface area contributed by atoms with Gasteiger partial charge in [-0.05, 0) is 30.5 Å². The Labute approximate surface area is 162 Å². The summed E-state index contributed by atoms with van der Waals surface area (Å²) in [5.41, 5.74) is 1.36. The number of nitrogens with one attached hydrogen (secondary N) is 2. The normalized spacial score (nSPS) is 22.1. The van der Waals surface area contributed by atoms with E-state index < -0.39 is 0 Å². The first-order valence-electron chi connectivity index (χ1n) is 9.44. The van der Waals surface area contributed by atoms with Crippen LogP contribution in [0.1, 0.15) is 44.1 Å². The third kappa shape index (κ3) is 5.35. The number of halogens is 1. The van der Waals surface area contributed by atoms with Crippen LogP contribution in [0.4, 0.5) is 0 Å². The van der Waals surface area contributed by atoms with Crippen molar-refractivity contribution in [2.24, 2.45) is 0 Å². The fraction of sp³-hybridized carbons (Fsp3) is 0.650. The summed E-state index contributed by atoms with van der Waals surface area (Å²) in [6.45, 7) is 2.90. The van der Waals surface area contributed by atoms with Gasteiger partial charge in [-0.15, -0.1) is 12.4 Å². The van der Waals surface area contributed by atoms with E-state index in [9.17, 15) is 4.79 Å². The minimum absolute atomic E-state index is 0. The lowest BCUT2D eigenvalue weighted by molar-refractivity contribution is -0.122. The lowest BCUT2D eigenvalue weighted by atomic mass is 9.69. The molecule has 1 aliphatic heterocycles. The Morgan fingerprint density at radius 1 is 1.27 bits per heavy atom. The predicted octanol–water partition coefficient (Wildman–Crippen LogP) is 2.81. The molecule has 3 rings (SSSR count). The lowest BCUT2D eigenvalue weighted by Crippen LogP contribution is -2.47. The van der Waals surface area contributed by atoms with Gasteiger partial charge in [-0.1, -0.05) is 31.4 Å². The number of hydrogen-bond donors (Lipinski definition) is 2. The summed E-state index contributed by atoms with van der Waals surface area (Å²) < 4.78 is 10.7. The van der Waals surface area contributed by atoms with E-state index in [0.29, 0.717) is 19.6 Å². The van der Waals surface area contributed by atoms with Crippen LogP contribution in [0.3, 0.4) is 0 Å². The summed E-state index contributed by atoms with van der Waals surface area (Å²) in [5.74, 6) is 0.989. The molecular weight excluding hydrogens is 352 g/mol. The highest BCUT2D eigenvalue weighted by molar-refractivity contribution is 5.85. The second-order valence-electron chi connectivity index (χ2n) is 7.28. The number of carbonyl (C=O) groups excluding carboxylic acids is 1. The first-order valence-corrected chi connectivity index (χ1v) is 9.44. The molecule has 1 aliphatic carbocycles. The van der Waals surface area contributed by atoms with Crippen molar-refractivity contribution in [3.8, 4) is 5.75 Å². The molecule has 5 nitrogen and oxygen atoms in total. The molecule has 6 heteroatoms. The molecule has 146 valence electrons. The van der Waals surface area contributed by atoms with Crippen LogP contribution in [-0.4, -0.2) is 45.4 Å². The Balaban J connectivity index is 0.00000243. The average molecular weight is 383 g/mol. The van der Waals surface area contributed by atoms with Crippen molar-refractivity contribution in [3.63, 3.8) is 0 Å². The Kier molecular flexibility index (Phi) is 8.19. The zero-order chi connectivity index (χ0) is 17.5. The van der Waals surface area contributed by atoms with Crippen LogP contribution in [0.2, 0.25) is 0 Å². The molecule has 26 heavy (non-hydrogen) atoms. The van der Waals surface area contributed by atoms with E-state index in [1.54, 1.807) is 7.11 Å². The van der Waals surface area contributed by atoms with E-state index in [1.807, 2.05) is 12.1 Å². The smallest absolute Gasteiger partial charge is 0.221 e. The van der Waals surface area contributed by atoms with Crippen molar-refractivity contribution >= 4 is 18.3 Å². The molecule has 2 fully saturated rings.